The summed E-state index contributed by atoms with van der Waals surface area (Å²) in [5.74, 6) is 0. The van der Waals surface area contributed by atoms with Gasteiger partial charge in [0.15, 0.2) is 0 Å². The largest absolute Gasteiger partial charge is 0.286 e. The molecule has 2 aliphatic rings. The SMILES string of the molecule is C1CCCC1.CCCCC1=CSC(=O)C1(C)C. The van der Waals surface area contributed by atoms with Crippen molar-refractivity contribution in [2.45, 2.75) is 72.1 Å². The van der Waals surface area contributed by atoms with Gasteiger partial charge in [0.2, 0.25) is 5.12 Å². The minimum absolute atomic E-state index is 0.195. The molecule has 0 radical (unpaired) electrons. The zero-order chi connectivity index (χ0) is 12.7. The van der Waals surface area contributed by atoms with E-state index in [4.69, 9.17) is 0 Å². The van der Waals surface area contributed by atoms with E-state index >= 15 is 0 Å². The topological polar surface area (TPSA) is 17.1 Å². The molecule has 1 aliphatic heterocycles. The molecule has 1 saturated carbocycles. The molecule has 1 aliphatic carbocycles. The standard InChI is InChI=1S/C10H16OS.C5H10/c1-4-5-6-8-7-12-9(11)10(8,2)3;1-2-4-5-3-1/h7H,4-6H2,1-3H3;1-5H2. The third-order valence-electron chi connectivity index (χ3n) is 3.67. The molecule has 1 heterocycles. The summed E-state index contributed by atoms with van der Waals surface area (Å²) >= 11 is 1.36. The second kappa shape index (κ2) is 7.25. The second-order valence-electron chi connectivity index (χ2n) is 5.54. The minimum Gasteiger partial charge on any atom is -0.286 e. The van der Waals surface area contributed by atoms with Gasteiger partial charge in [0, 0.05) is 0 Å². The molecule has 2 rings (SSSR count). The molecule has 0 unspecified atom stereocenters. The molecule has 17 heavy (non-hydrogen) atoms. The summed E-state index contributed by atoms with van der Waals surface area (Å²) in [4.78, 5) is 11.4. The molecule has 1 fully saturated rings. The number of unbranched alkanes of at least 4 members (excludes halogenated alkanes) is 1. The van der Waals surface area contributed by atoms with Crippen LogP contribution in [0.25, 0.3) is 0 Å². The van der Waals surface area contributed by atoms with Crippen molar-refractivity contribution >= 4 is 16.9 Å². The van der Waals surface area contributed by atoms with E-state index < -0.39 is 0 Å². The Morgan fingerprint density at radius 3 is 2.06 bits per heavy atom. The highest BCUT2D eigenvalue weighted by molar-refractivity contribution is 8.16. The van der Waals surface area contributed by atoms with Gasteiger partial charge in [-0.15, -0.1) is 0 Å². The average Bonchev–Trinajstić information content (AvgIpc) is 2.92. The van der Waals surface area contributed by atoms with E-state index in [1.807, 2.05) is 19.3 Å². The van der Waals surface area contributed by atoms with E-state index in [0.29, 0.717) is 5.12 Å². The molecule has 0 atom stereocenters. The first-order chi connectivity index (χ1) is 8.09. The Morgan fingerprint density at radius 2 is 1.71 bits per heavy atom. The van der Waals surface area contributed by atoms with Crippen LogP contribution in [0.1, 0.15) is 72.1 Å². The van der Waals surface area contributed by atoms with Crippen LogP contribution in [0.2, 0.25) is 0 Å². The second-order valence-corrected chi connectivity index (χ2v) is 6.39. The first-order valence-corrected chi connectivity index (χ1v) is 7.87. The van der Waals surface area contributed by atoms with Gasteiger partial charge in [-0.05, 0) is 37.7 Å². The van der Waals surface area contributed by atoms with Gasteiger partial charge in [-0.1, -0.05) is 57.2 Å². The summed E-state index contributed by atoms with van der Waals surface area (Å²) in [6.45, 7) is 6.23. The summed E-state index contributed by atoms with van der Waals surface area (Å²) < 4.78 is 0. The van der Waals surface area contributed by atoms with Crippen molar-refractivity contribution in [3.63, 3.8) is 0 Å². The minimum atomic E-state index is -0.195. The Morgan fingerprint density at radius 1 is 1.18 bits per heavy atom. The number of hydrogen-bond acceptors (Lipinski definition) is 2. The Kier molecular flexibility index (Phi) is 6.32. The maximum absolute atomic E-state index is 11.4. The lowest BCUT2D eigenvalue weighted by molar-refractivity contribution is -0.116. The summed E-state index contributed by atoms with van der Waals surface area (Å²) in [7, 11) is 0. The van der Waals surface area contributed by atoms with Crippen molar-refractivity contribution in [3.05, 3.63) is 11.0 Å². The van der Waals surface area contributed by atoms with Crippen LogP contribution < -0.4 is 0 Å². The predicted octanol–water partition coefficient (Wildman–Crippen LogP) is 5.31. The van der Waals surface area contributed by atoms with Gasteiger partial charge in [0.05, 0.1) is 5.41 Å². The molecule has 1 nitrogen and oxygen atoms in total. The van der Waals surface area contributed by atoms with Crippen LogP contribution in [0.15, 0.2) is 11.0 Å². The maximum atomic E-state index is 11.4. The van der Waals surface area contributed by atoms with Gasteiger partial charge >= 0.3 is 0 Å². The number of thioether (sulfide) groups is 1. The molecular formula is C15H26OS. The van der Waals surface area contributed by atoms with E-state index in [-0.39, 0.29) is 5.41 Å². The molecule has 98 valence electrons. The van der Waals surface area contributed by atoms with Gasteiger partial charge in [-0.25, -0.2) is 0 Å². The number of allylic oxidation sites excluding steroid dienone is 1. The Bertz CT molecular complexity index is 267. The highest BCUT2D eigenvalue weighted by atomic mass is 32.2. The van der Waals surface area contributed by atoms with Crippen LogP contribution in [0.4, 0.5) is 0 Å². The van der Waals surface area contributed by atoms with Crippen molar-refractivity contribution in [3.8, 4) is 0 Å². The lowest BCUT2D eigenvalue weighted by Gasteiger charge is -2.19. The van der Waals surface area contributed by atoms with Crippen molar-refractivity contribution in [2.24, 2.45) is 5.41 Å². The third-order valence-corrected chi connectivity index (χ3v) is 4.80. The molecule has 0 aromatic rings. The smallest absolute Gasteiger partial charge is 0.202 e. The molecule has 0 aromatic heterocycles. The maximum Gasteiger partial charge on any atom is 0.202 e. The molecule has 0 aromatic carbocycles. The molecule has 0 amide bonds. The van der Waals surface area contributed by atoms with Crippen molar-refractivity contribution in [1.29, 1.82) is 0 Å². The van der Waals surface area contributed by atoms with Crippen LogP contribution in [0.5, 0.6) is 0 Å². The van der Waals surface area contributed by atoms with Crippen LogP contribution in [-0.2, 0) is 4.79 Å². The Balaban J connectivity index is 0.000000239. The van der Waals surface area contributed by atoms with Crippen molar-refractivity contribution in [2.75, 3.05) is 0 Å². The fourth-order valence-corrected chi connectivity index (χ4v) is 3.26. The van der Waals surface area contributed by atoms with Gasteiger partial charge < -0.3 is 0 Å². The molecule has 0 bridgehead atoms. The third kappa shape index (κ3) is 4.50. The first kappa shape index (κ1) is 14.8. The lowest BCUT2D eigenvalue weighted by atomic mass is 9.84. The van der Waals surface area contributed by atoms with E-state index in [2.05, 4.69) is 6.92 Å². The van der Waals surface area contributed by atoms with Crippen LogP contribution in [-0.4, -0.2) is 5.12 Å². The Hall–Kier alpha value is -0.240. The molecule has 0 saturated heterocycles. The predicted molar refractivity (Wildman–Crippen MR) is 77.1 cm³/mol. The normalized spacial score (nSPS) is 22.1. The highest BCUT2D eigenvalue weighted by Gasteiger charge is 2.35. The van der Waals surface area contributed by atoms with Crippen molar-refractivity contribution < 1.29 is 4.79 Å². The summed E-state index contributed by atoms with van der Waals surface area (Å²) in [5.41, 5.74) is 1.12. The van der Waals surface area contributed by atoms with Crippen LogP contribution in [0, 0.1) is 5.41 Å². The zero-order valence-electron chi connectivity index (χ0n) is 11.6. The molecule has 0 spiro atoms. The van der Waals surface area contributed by atoms with Gasteiger partial charge in [-0.3, -0.25) is 4.79 Å². The fourth-order valence-electron chi connectivity index (χ4n) is 2.17. The first-order valence-electron chi connectivity index (χ1n) is 6.99. The van der Waals surface area contributed by atoms with E-state index in [1.54, 1.807) is 0 Å². The van der Waals surface area contributed by atoms with Crippen LogP contribution >= 0.6 is 11.8 Å². The van der Waals surface area contributed by atoms with Gasteiger partial charge in [0.1, 0.15) is 0 Å². The molecule has 0 N–H and O–H groups in total. The Labute approximate surface area is 110 Å². The van der Waals surface area contributed by atoms with Gasteiger partial charge in [-0.2, -0.15) is 0 Å². The summed E-state index contributed by atoms with van der Waals surface area (Å²) in [5, 5.41) is 2.34. The van der Waals surface area contributed by atoms with E-state index in [0.717, 1.165) is 6.42 Å². The summed E-state index contributed by atoms with van der Waals surface area (Å²) in [6.07, 6.45) is 11.0. The fraction of sp³-hybridized carbons (Fsp3) is 0.800. The highest BCUT2D eigenvalue weighted by Crippen LogP contribution is 2.42. The number of rotatable bonds is 3. The zero-order valence-corrected chi connectivity index (χ0v) is 12.4. The van der Waals surface area contributed by atoms with E-state index in [1.165, 1.54) is 62.3 Å². The average molecular weight is 254 g/mol. The molecular weight excluding hydrogens is 228 g/mol. The van der Waals surface area contributed by atoms with Gasteiger partial charge in [0.25, 0.3) is 0 Å². The number of carbonyl (C=O) groups is 1. The van der Waals surface area contributed by atoms with Crippen molar-refractivity contribution in [1.82, 2.24) is 0 Å². The quantitative estimate of drug-likeness (QED) is 0.679. The summed E-state index contributed by atoms with van der Waals surface area (Å²) in [6, 6.07) is 0. The monoisotopic (exact) mass is 254 g/mol. The lowest BCUT2D eigenvalue weighted by Crippen LogP contribution is -2.19. The van der Waals surface area contributed by atoms with E-state index in [9.17, 15) is 4.79 Å². The molecule has 2 heteroatoms. The number of carbonyl (C=O) groups excluding carboxylic acids is 1. The number of hydrogen-bond donors (Lipinski definition) is 0. The van der Waals surface area contributed by atoms with Crippen LogP contribution in [0.3, 0.4) is 0 Å².